The first-order chi connectivity index (χ1) is 25.6. The second-order valence-corrected chi connectivity index (χ2v) is 14.0. The van der Waals surface area contributed by atoms with Crippen molar-refractivity contribution in [3.8, 4) is 11.5 Å². The van der Waals surface area contributed by atoms with Crippen LogP contribution in [0.15, 0.2) is 97.1 Å². The molecule has 1 fully saturated rings. The molecule has 3 atom stereocenters. The van der Waals surface area contributed by atoms with Gasteiger partial charge in [-0.3, -0.25) is 24.0 Å². The predicted octanol–water partition coefficient (Wildman–Crippen LogP) is 0.315. The molecule has 14 nitrogen and oxygen atoms in total. The number of β-lactam (4-membered cyclic amide) rings is 1. The number of carboxylic acid groups (broad SMARTS) is 1. The van der Waals surface area contributed by atoms with Gasteiger partial charge in [-0.05, 0) is 59.7 Å². The molecular weight excluding hydrogens is 753 g/mol. The molecule has 0 aliphatic carbocycles. The Kier molecular flexibility index (Phi) is 13.6. The van der Waals surface area contributed by atoms with E-state index in [2.05, 4.69) is 16.0 Å². The van der Waals surface area contributed by atoms with E-state index in [1.807, 2.05) is 21.1 Å². The minimum Gasteiger partial charge on any atom is -1.00 e. The summed E-state index contributed by atoms with van der Waals surface area (Å²) in [7, 11) is 5.68. The number of hydrogen-bond donors (Lipinski definition) is 5. The number of quaternary nitrogens is 1. The minimum atomic E-state index is -1.33. The third kappa shape index (κ3) is 10.6. The standard InChI is InChI=1S/C39H38ClN5O9.ClH/c1-45(2,3)21-31(47)41-26-16-12-25(13-17-26)35(49)28-10-7-11-29(40)36(28)54-22-32(48)43-33(23-8-5-4-6-9-23)37(50)42-30-20-44(38(30)51)34(39(52)53)24-14-18-27(46)19-15-24;/h4-19,30,33-34H,20-22H2,1-3H3,(H4-,41,42,43,46,47,48,49,50,52,53);1H. The van der Waals surface area contributed by atoms with Crippen molar-refractivity contribution in [2.75, 3.05) is 46.2 Å². The monoisotopic (exact) mass is 791 g/mol. The summed E-state index contributed by atoms with van der Waals surface area (Å²) in [5.74, 6) is -4.15. The van der Waals surface area contributed by atoms with Gasteiger partial charge in [-0.1, -0.05) is 60.1 Å². The van der Waals surface area contributed by atoms with Gasteiger partial charge in [0, 0.05) is 11.3 Å². The SMILES string of the molecule is C[N+](C)(C)CC(=O)Nc1ccc(C(=O)c2cccc(Cl)c2OCC(=O)NC(C(=O)NC2CN(C(C(=O)O)c3ccc(O)cc3)C2=O)c2ccccc2)cc1.[Cl-]. The van der Waals surface area contributed by atoms with Crippen molar-refractivity contribution in [3.63, 3.8) is 0 Å². The van der Waals surface area contributed by atoms with Crippen LogP contribution in [0.4, 0.5) is 5.69 Å². The molecule has 4 amide bonds. The quantitative estimate of drug-likeness (QED) is 0.0641. The van der Waals surface area contributed by atoms with Gasteiger partial charge in [-0.2, -0.15) is 0 Å². The number of nitrogens with one attached hydrogen (secondary N) is 3. The number of anilines is 1. The second-order valence-electron chi connectivity index (χ2n) is 13.6. The lowest BCUT2D eigenvalue weighted by Crippen LogP contribution is -3.00. The third-order valence-electron chi connectivity index (χ3n) is 8.34. The Hall–Kier alpha value is -5.96. The summed E-state index contributed by atoms with van der Waals surface area (Å²) >= 11 is 6.42. The molecule has 1 aliphatic rings. The summed E-state index contributed by atoms with van der Waals surface area (Å²) in [6.07, 6.45) is 0. The highest BCUT2D eigenvalue weighted by molar-refractivity contribution is 6.33. The zero-order valence-corrected chi connectivity index (χ0v) is 31.5. The average molecular weight is 793 g/mol. The summed E-state index contributed by atoms with van der Waals surface area (Å²) < 4.78 is 6.21. The number of aliphatic carboxylic acids is 1. The molecule has 16 heteroatoms. The van der Waals surface area contributed by atoms with E-state index in [-0.39, 0.29) is 64.6 Å². The van der Waals surface area contributed by atoms with Crippen LogP contribution in [0.1, 0.15) is 39.1 Å². The van der Waals surface area contributed by atoms with Gasteiger partial charge in [0.1, 0.15) is 23.6 Å². The van der Waals surface area contributed by atoms with Gasteiger partial charge in [0.2, 0.25) is 11.8 Å². The number of amides is 4. The van der Waals surface area contributed by atoms with Crippen molar-refractivity contribution in [1.82, 2.24) is 15.5 Å². The fraction of sp³-hybridized carbons (Fsp3) is 0.231. The average Bonchev–Trinajstić information content (AvgIpc) is 3.12. The van der Waals surface area contributed by atoms with E-state index in [0.717, 1.165) is 4.90 Å². The number of para-hydroxylation sites is 1. The number of aromatic hydroxyl groups is 1. The highest BCUT2D eigenvalue weighted by Crippen LogP contribution is 2.32. The van der Waals surface area contributed by atoms with Gasteiger partial charge in [-0.15, -0.1) is 0 Å². The van der Waals surface area contributed by atoms with Gasteiger partial charge < -0.3 is 52.7 Å². The number of carbonyl (C=O) groups excluding carboxylic acids is 5. The van der Waals surface area contributed by atoms with Gasteiger partial charge >= 0.3 is 5.97 Å². The maximum atomic E-state index is 13.5. The molecule has 3 unspecified atom stereocenters. The summed E-state index contributed by atoms with van der Waals surface area (Å²) in [6.45, 7) is -0.496. The molecule has 0 spiro atoms. The first kappa shape index (κ1) is 41.8. The number of phenolic OH excluding ortho intramolecular Hbond substituents is 1. The number of carboxylic acids is 1. The van der Waals surface area contributed by atoms with Gasteiger partial charge in [-0.25, -0.2) is 4.79 Å². The lowest BCUT2D eigenvalue weighted by Gasteiger charge is -2.42. The number of halogens is 2. The fourth-order valence-electron chi connectivity index (χ4n) is 5.77. The van der Waals surface area contributed by atoms with Crippen LogP contribution in [0.2, 0.25) is 5.02 Å². The van der Waals surface area contributed by atoms with Gasteiger partial charge in [0.15, 0.2) is 25.0 Å². The summed E-state index contributed by atoms with van der Waals surface area (Å²) in [4.78, 5) is 78.9. The van der Waals surface area contributed by atoms with Crippen molar-refractivity contribution < 1.29 is 60.6 Å². The molecule has 0 bridgehead atoms. The summed E-state index contributed by atoms with van der Waals surface area (Å²) in [6, 6.07) is 20.9. The Morgan fingerprint density at radius 3 is 2.13 bits per heavy atom. The zero-order chi connectivity index (χ0) is 39.2. The number of carbonyl (C=O) groups is 6. The number of ether oxygens (including phenoxy) is 1. The molecule has 55 heavy (non-hydrogen) atoms. The van der Waals surface area contributed by atoms with Gasteiger partial charge in [0.25, 0.3) is 11.8 Å². The number of rotatable bonds is 15. The van der Waals surface area contributed by atoms with Crippen LogP contribution in [0.5, 0.6) is 11.5 Å². The molecule has 1 aliphatic heterocycles. The van der Waals surface area contributed by atoms with E-state index in [1.54, 1.807) is 60.7 Å². The number of ketones is 1. The minimum absolute atomic E-state index is 0. The van der Waals surface area contributed by atoms with Crippen molar-refractivity contribution in [1.29, 1.82) is 0 Å². The zero-order valence-electron chi connectivity index (χ0n) is 30.0. The number of likely N-dealkylation sites (N-methyl/N-ethyl adjacent to an activating group) is 1. The van der Waals surface area contributed by atoms with Crippen LogP contribution in [0.25, 0.3) is 0 Å². The van der Waals surface area contributed by atoms with Crippen molar-refractivity contribution >= 4 is 52.7 Å². The number of nitrogens with zero attached hydrogens (tertiary/aromatic N) is 2. The molecule has 0 saturated carbocycles. The molecule has 5 N–H and O–H groups in total. The topological polar surface area (TPSA) is 191 Å². The van der Waals surface area contributed by atoms with Crippen molar-refractivity contribution in [2.45, 2.75) is 18.1 Å². The summed E-state index contributed by atoms with van der Waals surface area (Å²) in [5.41, 5.74) is 1.53. The van der Waals surface area contributed by atoms with Crippen LogP contribution in [0.3, 0.4) is 0 Å². The molecule has 5 rings (SSSR count). The molecular formula is C39H39Cl2N5O9. The Bertz CT molecular complexity index is 2060. The Morgan fingerprint density at radius 2 is 1.53 bits per heavy atom. The van der Waals surface area contributed by atoms with Crippen LogP contribution in [0, 0.1) is 0 Å². The maximum absolute atomic E-state index is 13.5. The highest BCUT2D eigenvalue weighted by Gasteiger charge is 2.45. The van der Waals surface area contributed by atoms with Crippen LogP contribution in [-0.4, -0.2) is 102 Å². The maximum Gasteiger partial charge on any atom is 0.331 e. The molecule has 0 aromatic heterocycles. The fourth-order valence-corrected chi connectivity index (χ4v) is 6.00. The molecule has 4 aromatic rings. The van der Waals surface area contributed by atoms with Crippen LogP contribution >= 0.6 is 11.6 Å². The summed E-state index contributed by atoms with van der Waals surface area (Å²) in [5, 5.41) is 27.5. The van der Waals surface area contributed by atoms with E-state index in [0.29, 0.717) is 15.7 Å². The normalized spacial score (nSPS) is 14.7. The van der Waals surface area contributed by atoms with Crippen molar-refractivity contribution in [2.24, 2.45) is 0 Å². The largest absolute Gasteiger partial charge is 1.00 e. The third-order valence-corrected chi connectivity index (χ3v) is 8.64. The van der Waals surface area contributed by atoms with E-state index >= 15 is 0 Å². The number of hydrogen-bond acceptors (Lipinski definition) is 8. The van der Waals surface area contributed by atoms with Crippen LogP contribution < -0.4 is 33.1 Å². The lowest BCUT2D eigenvalue weighted by atomic mass is 9.97. The van der Waals surface area contributed by atoms with Crippen molar-refractivity contribution in [3.05, 3.63) is 124 Å². The molecule has 4 aromatic carbocycles. The Balaban J connectivity index is 0.00000673. The van der Waals surface area contributed by atoms with Crippen LogP contribution in [-0.2, 0) is 24.0 Å². The predicted molar refractivity (Wildman–Crippen MR) is 198 cm³/mol. The highest BCUT2D eigenvalue weighted by atomic mass is 35.5. The number of phenols is 1. The van der Waals surface area contributed by atoms with E-state index in [1.165, 1.54) is 36.4 Å². The number of likely N-dealkylation sites (tertiary alicyclic amines) is 1. The Morgan fingerprint density at radius 1 is 0.873 bits per heavy atom. The smallest absolute Gasteiger partial charge is 0.331 e. The molecule has 1 heterocycles. The first-order valence-electron chi connectivity index (χ1n) is 16.7. The van der Waals surface area contributed by atoms with E-state index in [9.17, 15) is 39.0 Å². The number of benzene rings is 4. The van der Waals surface area contributed by atoms with E-state index in [4.69, 9.17) is 16.3 Å². The van der Waals surface area contributed by atoms with E-state index < -0.39 is 54.2 Å². The molecule has 288 valence electrons. The lowest BCUT2D eigenvalue weighted by molar-refractivity contribution is -0.861. The Labute approximate surface area is 328 Å². The molecule has 0 radical (unpaired) electrons. The second kappa shape index (κ2) is 17.9. The first-order valence-corrected chi connectivity index (χ1v) is 17.1. The molecule has 1 saturated heterocycles. The van der Waals surface area contributed by atoms with Gasteiger partial charge in [0.05, 0.1) is 38.3 Å².